The number of sulfonamides is 1. The van der Waals surface area contributed by atoms with Gasteiger partial charge in [0.25, 0.3) is 0 Å². The molecule has 1 saturated carbocycles. The lowest BCUT2D eigenvalue weighted by atomic mass is 9.96. The molecule has 0 N–H and O–H groups in total. The van der Waals surface area contributed by atoms with E-state index in [-0.39, 0.29) is 12.8 Å². The highest BCUT2D eigenvalue weighted by Gasteiger charge is 2.47. The molecule has 0 aromatic rings. The Labute approximate surface area is 132 Å². The average Bonchev–Trinajstić information content (AvgIpc) is 2.78. The summed E-state index contributed by atoms with van der Waals surface area (Å²) in [5.74, 6) is -2.39. The molecule has 1 fully saturated rings. The van der Waals surface area contributed by atoms with Crippen LogP contribution in [-0.4, -0.2) is 56.7 Å². The van der Waals surface area contributed by atoms with E-state index < -0.39 is 45.4 Å². The summed E-state index contributed by atoms with van der Waals surface area (Å²) in [6, 6.07) is -0.420. The van der Waals surface area contributed by atoms with Gasteiger partial charge in [-0.1, -0.05) is 0 Å². The van der Waals surface area contributed by atoms with Crippen molar-refractivity contribution in [1.82, 2.24) is 4.31 Å². The molecule has 8 heteroatoms. The summed E-state index contributed by atoms with van der Waals surface area (Å²) in [5, 5.41) is 0. The number of hydrogen-bond donors (Lipinski definition) is 0. The van der Waals surface area contributed by atoms with E-state index in [2.05, 4.69) is 0 Å². The minimum atomic E-state index is -3.40. The first kappa shape index (κ1) is 18.9. The molecule has 0 bridgehead atoms. The van der Waals surface area contributed by atoms with E-state index in [4.69, 9.17) is 9.47 Å². The molecular weight excluding hydrogens is 310 g/mol. The molecule has 1 rings (SSSR count). The van der Waals surface area contributed by atoms with Crippen LogP contribution in [-0.2, 0) is 29.1 Å². The zero-order valence-electron chi connectivity index (χ0n) is 14.0. The van der Waals surface area contributed by atoms with Crippen molar-refractivity contribution in [3.8, 4) is 0 Å². The van der Waals surface area contributed by atoms with E-state index in [0.717, 1.165) is 6.26 Å². The van der Waals surface area contributed by atoms with Gasteiger partial charge in [-0.2, -0.15) is 0 Å². The number of methoxy groups -OCH3 is 1. The second-order valence-corrected chi connectivity index (χ2v) is 8.72. The molecule has 22 heavy (non-hydrogen) atoms. The van der Waals surface area contributed by atoms with Crippen molar-refractivity contribution in [2.24, 2.45) is 11.8 Å². The van der Waals surface area contributed by atoms with Crippen molar-refractivity contribution >= 4 is 22.0 Å². The SMILES string of the molecule is COC(=O)[C@@H]1C[C@@H](N(C)S(C)(=O)=O)C[C@H]1C(=O)OC(C)(C)C. The maximum absolute atomic E-state index is 12.3. The largest absolute Gasteiger partial charge is 0.469 e. The molecule has 0 aliphatic heterocycles. The second-order valence-electron chi connectivity index (χ2n) is 6.67. The van der Waals surface area contributed by atoms with Gasteiger partial charge in [-0.3, -0.25) is 9.59 Å². The zero-order valence-corrected chi connectivity index (χ0v) is 14.8. The van der Waals surface area contributed by atoms with Crippen LogP contribution in [0.4, 0.5) is 0 Å². The van der Waals surface area contributed by atoms with Crippen LogP contribution in [0.2, 0.25) is 0 Å². The van der Waals surface area contributed by atoms with Gasteiger partial charge in [-0.25, -0.2) is 12.7 Å². The fourth-order valence-corrected chi connectivity index (χ4v) is 3.34. The molecule has 0 amide bonds. The van der Waals surface area contributed by atoms with E-state index in [9.17, 15) is 18.0 Å². The summed E-state index contributed by atoms with van der Waals surface area (Å²) in [4.78, 5) is 24.2. The molecule has 0 spiro atoms. The summed E-state index contributed by atoms with van der Waals surface area (Å²) in [6.07, 6.45) is 1.60. The molecule has 1 aliphatic rings. The minimum Gasteiger partial charge on any atom is -0.469 e. The first-order chi connectivity index (χ1) is 9.86. The maximum atomic E-state index is 12.3. The summed E-state index contributed by atoms with van der Waals surface area (Å²) in [5.41, 5.74) is -0.668. The smallest absolute Gasteiger partial charge is 0.310 e. The van der Waals surface area contributed by atoms with E-state index in [0.29, 0.717) is 0 Å². The predicted molar refractivity (Wildman–Crippen MR) is 80.5 cm³/mol. The molecule has 3 atom stereocenters. The summed E-state index contributed by atoms with van der Waals surface area (Å²) in [6.45, 7) is 5.23. The van der Waals surface area contributed by atoms with E-state index in [1.54, 1.807) is 20.8 Å². The van der Waals surface area contributed by atoms with Crippen LogP contribution in [0, 0.1) is 11.8 Å². The molecule has 0 unspecified atom stereocenters. The molecular formula is C14H25NO6S. The molecule has 1 aliphatic carbocycles. The molecule has 7 nitrogen and oxygen atoms in total. The van der Waals surface area contributed by atoms with Crippen molar-refractivity contribution in [3.63, 3.8) is 0 Å². The highest BCUT2D eigenvalue weighted by Crippen LogP contribution is 2.37. The lowest BCUT2D eigenvalue weighted by Crippen LogP contribution is -2.35. The number of hydrogen-bond acceptors (Lipinski definition) is 6. The predicted octanol–water partition coefficient (Wildman–Crippen LogP) is 0.787. The van der Waals surface area contributed by atoms with E-state index in [1.165, 1.54) is 18.5 Å². The molecule has 0 saturated heterocycles. The maximum Gasteiger partial charge on any atom is 0.310 e. The topological polar surface area (TPSA) is 90.0 Å². The molecule has 128 valence electrons. The molecule has 0 aromatic heterocycles. The molecule has 0 heterocycles. The molecule has 0 aromatic carbocycles. The third kappa shape index (κ3) is 4.67. The standard InChI is InChI=1S/C14H25NO6S/c1-14(2,3)21-13(17)11-8-9(15(4)22(6,18)19)7-10(11)12(16)20-5/h9-11H,7-8H2,1-6H3/t9-,10-,11-/m1/s1. The number of carbonyl (C=O) groups excluding carboxylic acids is 2. The minimum absolute atomic E-state index is 0.248. The number of rotatable bonds is 4. The van der Waals surface area contributed by atoms with Crippen molar-refractivity contribution in [3.05, 3.63) is 0 Å². The van der Waals surface area contributed by atoms with Crippen LogP contribution in [0.25, 0.3) is 0 Å². The van der Waals surface area contributed by atoms with Crippen molar-refractivity contribution in [1.29, 1.82) is 0 Å². The van der Waals surface area contributed by atoms with Gasteiger partial charge in [0.15, 0.2) is 0 Å². The Bertz CT molecular complexity index is 536. The third-order valence-corrected chi connectivity index (χ3v) is 5.13. The van der Waals surface area contributed by atoms with Gasteiger partial charge in [0.05, 0.1) is 25.2 Å². The van der Waals surface area contributed by atoms with Gasteiger partial charge in [0.1, 0.15) is 5.60 Å². The second kappa shape index (κ2) is 6.54. The Morgan fingerprint density at radius 2 is 1.55 bits per heavy atom. The van der Waals surface area contributed by atoms with Gasteiger partial charge in [-0.05, 0) is 33.6 Å². The Balaban J connectivity index is 2.98. The normalized spacial score (nSPS) is 26.0. The lowest BCUT2D eigenvalue weighted by molar-refractivity contribution is -0.166. The highest BCUT2D eigenvalue weighted by molar-refractivity contribution is 7.88. The number of carbonyl (C=O) groups is 2. The third-order valence-electron chi connectivity index (χ3n) is 3.79. The van der Waals surface area contributed by atoms with Crippen LogP contribution < -0.4 is 0 Å². The van der Waals surface area contributed by atoms with Gasteiger partial charge in [0, 0.05) is 13.1 Å². The first-order valence-corrected chi connectivity index (χ1v) is 8.95. The van der Waals surface area contributed by atoms with Crippen molar-refractivity contribution < 1.29 is 27.5 Å². The average molecular weight is 335 g/mol. The Morgan fingerprint density at radius 1 is 1.09 bits per heavy atom. The van der Waals surface area contributed by atoms with Gasteiger partial charge in [-0.15, -0.1) is 0 Å². The highest BCUT2D eigenvalue weighted by atomic mass is 32.2. The number of esters is 2. The van der Waals surface area contributed by atoms with Gasteiger partial charge in [0.2, 0.25) is 10.0 Å². The van der Waals surface area contributed by atoms with Crippen LogP contribution in [0.1, 0.15) is 33.6 Å². The quantitative estimate of drug-likeness (QED) is 0.706. The Hall–Kier alpha value is -1.15. The van der Waals surface area contributed by atoms with Crippen molar-refractivity contribution in [2.45, 2.75) is 45.3 Å². The van der Waals surface area contributed by atoms with Crippen molar-refractivity contribution in [2.75, 3.05) is 20.4 Å². The first-order valence-electron chi connectivity index (χ1n) is 7.10. The number of ether oxygens (including phenoxy) is 2. The van der Waals surface area contributed by atoms with Gasteiger partial charge >= 0.3 is 11.9 Å². The van der Waals surface area contributed by atoms with E-state index >= 15 is 0 Å². The molecule has 0 radical (unpaired) electrons. The number of nitrogens with zero attached hydrogens (tertiary/aromatic N) is 1. The van der Waals surface area contributed by atoms with Crippen LogP contribution in [0.15, 0.2) is 0 Å². The summed E-state index contributed by atoms with van der Waals surface area (Å²) in [7, 11) is -0.695. The lowest BCUT2D eigenvalue weighted by Gasteiger charge is -2.24. The monoisotopic (exact) mass is 335 g/mol. The zero-order chi connectivity index (χ0) is 17.3. The van der Waals surface area contributed by atoms with E-state index in [1.807, 2.05) is 0 Å². The van der Waals surface area contributed by atoms with Crippen LogP contribution in [0.5, 0.6) is 0 Å². The Kier molecular flexibility index (Phi) is 5.61. The summed E-state index contributed by atoms with van der Waals surface area (Å²) >= 11 is 0. The van der Waals surface area contributed by atoms with Crippen LogP contribution in [0.3, 0.4) is 0 Å². The Morgan fingerprint density at radius 3 is 1.91 bits per heavy atom. The van der Waals surface area contributed by atoms with Gasteiger partial charge < -0.3 is 9.47 Å². The van der Waals surface area contributed by atoms with Crippen LogP contribution >= 0.6 is 0 Å². The fraction of sp³-hybridized carbons (Fsp3) is 0.857. The fourth-order valence-electron chi connectivity index (χ4n) is 2.63. The summed E-state index contributed by atoms with van der Waals surface area (Å²) < 4.78 is 34.6.